The number of pyridine rings is 3. The number of nitrogens with zero attached hydrogens (tertiary/aromatic N) is 4. The molecule has 26 heavy (non-hydrogen) atoms. The fraction of sp³-hybridized carbons (Fsp3) is 0.333. The first-order valence-electron chi connectivity index (χ1n) is 9.06. The van der Waals surface area contributed by atoms with Crippen molar-refractivity contribution in [1.29, 1.82) is 0 Å². The summed E-state index contributed by atoms with van der Waals surface area (Å²) in [6, 6.07) is 7.64. The number of carbonyl (C=O) groups is 1. The minimum Gasteiger partial charge on any atom is -0.337 e. The Morgan fingerprint density at radius 2 is 1.73 bits per heavy atom. The van der Waals surface area contributed by atoms with Gasteiger partial charge in [-0.3, -0.25) is 14.8 Å². The van der Waals surface area contributed by atoms with E-state index in [9.17, 15) is 4.79 Å². The van der Waals surface area contributed by atoms with E-state index >= 15 is 0 Å². The standard InChI is InChI=1S/C21H22N4O/c1-14-9-15(2)13-25(12-14)21(26)20-10-17(16-3-6-22-7-4-16)18-11-23-8-5-19(18)24-20/h3-8,10-11,14-15H,9,12-13H2,1-2H3/t14-,15+. The molecule has 2 atom stereocenters. The van der Waals surface area contributed by atoms with Crippen LogP contribution >= 0.6 is 0 Å². The third kappa shape index (κ3) is 3.17. The molecule has 3 aromatic rings. The zero-order valence-corrected chi connectivity index (χ0v) is 15.1. The molecule has 1 saturated heterocycles. The molecule has 5 heteroatoms. The van der Waals surface area contributed by atoms with E-state index in [1.807, 2.05) is 29.2 Å². The second-order valence-electron chi connectivity index (χ2n) is 7.34. The zero-order chi connectivity index (χ0) is 18.1. The van der Waals surface area contributed by atoms with E-state index in [2.05, 4.69) is 28.8 Å². The average Bonchev–Trinajstić information content (AvgIpc) is 2.66. The molecule has 1 fully saturated rings. The highest BCUT2D eigenvalue weighted by molar-refractivity contribution is 6.01. The van der Waals surface area contributed by atoms with Gasteiger partial charge in [-0.1, -0.05) is 13.8 Å². The summed E-state index contributed by atoms with van der Waals surface area (Å²) >= 11 is 0. The number of piperidine rings is 1. The first kappa shape index (κ1) is 16.6. The van der Waals surface area contributed by atoms with Crippen LogP contribution in [0, 0.1) is 11.8 Å². The number of rotatable bonds is 2. The summed E-state index contributed by atoms with van der Waals surface area (Å²) in [5.41, 5.74) is 3.26. The Bertz CT molecular complexity index is 931. The third-order valence-corrected chi connectivity index (χ3v) is 4.98. The van der Waals surface area contributed by atoms with E-state index < -0.39 is 0 Å². The van der Waals surface area contributed by atoms with Crippen molar-refractivity contribution in [3.8, 4) is 11.1 Å². The van der Waals surface area contributed by atoms with E-state index in [-0.39, 0.29) is 5.91 Å². The fourth-order valence-electron chi connectivity index (χ4n) is 3.94. The van der Waals surface area contributed by atoms with Crippen molar-refractivity contribution >= 4 is 16.8 Å². The van der Waals surface area contributed by atoms with Gasteiger partial charge in [-0.25, -0.2) is 4.98 Å². The van der Waals surface area contributed by atoms with Gasteiger partial charge in [0.1, 0.15) is 5.69 Å². The van der Waals surface area contributed by atoms with Gasteiger partial charge in [-0.05, 0) is 53.6 Å². The maximum absolute atomic E-state index is 13.2. The van der Waals surface area contributed by atoms with Crippen molar-refractivity contribution in [3.05, 3.63) is 54.7 Å². The van der Waals surface area contributed by atoms with Crippen molar-refractivity contribution in [2.45, 2.75) is 20.3 Å². The van der Waals surface area contributed by atoms with Crippen LogP contribution < -0.4 is 0 Å². The van der Waals surface area contributed by atoms with Crippen molar-refractivity contribution in [1.82, 2.24) is 19.9 Å². The zero-order valence-electron chi connectivity index (χ0n) is 15.1. The van der Waals surface area contributed by atoms with Gasteiger partial charge in [0.2, 0.25) is 0 Å². The van der Waals surface area contributed by atoms with Crippen LogP contribution in [0.15, 0.2) is 49.1 Å². The number of hydrogen-bond donors (Lipinski definition) is 0. The van der Waals surface area contributed by atoms with Crippen LogP contribution in [0.25, 0.3) is 22.0 Å². The average molecular weight is 346 g/mol. The SMILES string of the molecule is C[C@@H]1C[C@H](C)CN(C(=O)c2cc(-c3ccncc3)c3cnccc3n2)C1. The molecule has 0 aliphatic carbocycles. The molecule has 0 unspecified atom stereocenters. The van der Waals surface area contributed by atoms with Crippen LogP contribution in [0.3, 0.4) is 0 Å². The number of amides is 1. The Hall–Kier alpha value is -2.82. The molecule has 5 nitrogen and oxygen atoms in total. The summed E-state index contributed by atoms with van der Waals surface area (Å²) in [4.78, 5) is 28.1. The van der Waals surface area contributed by atoms with E-state index in [1.54, 1.807) is 24.8 Å². The molecule has 0 N–H and O–H groups in total. The first-order valence-corrected chi connectivity index (χ1v) is 9.06. The Balaban J connectivity index is 1.80. The van der Waals surface area contributed by atoms with Crippen molar-refractivity contribution in [2.24, 2.45) is 11.8 Å². The predicted octanol–water partition coefficient (Wildman–Crippen LogP) is 3.81. The number of carbonyl (C=O) groups excluding carboxylic acids is 1. The van der Waals surface area contributed by atoms with Crippen LogP contribution in [-0.4, -0.2) is 38.8 Å². The van der Waals surface area contributed by atoms with Gasteiger partial charge in [0.05, 0.1) is 5.52 Å². The highest BCUT2D eigenvalue weighted by Gasteiger charge is 2.27. The molecule has 0 spiro atoms. The molecule has 1 aliphatic heterocycles. The molecule has 1 aliphatic rings. The second kappa shape index (κ2) is 6.83. The number of likely N-dealkylation sites (tertiary alicyclic amines) is 1. The molecule has 0 aromatic carbocycles. The van der Waals surface area contributed by atoms with E-state index in [0.29, 0.717) is 17.5 Å². The summed E-state index contributed by atoms with van der Waals surface area (Å²) in [5, 5.41) is 0.940. The third-order valence-electron chi connectivity index (χ3n) is 4.98. The molecule has 4 heterocycles. The van der Waals surface area contributed by atoms with Gasteiger partial charge in [0, 0.05) is 43.3 Å². The lowest BCUT2D eigenvalue weighted by molar-refractivity contribution is 0.0617. The van der Waals surface area contributed by atoms with Crippen molar-refractivity contribution in [3.63, 3.8) is 0 Å². The Morgan fingerprint density at radius 1 is 1.04 bits per heavy atom. The lowest BCUT2D eigenvalue weighted by atomic mass is 9.91. The molecule has 1 amide bonds. The maximum Gasteiger partial charge on any atom is 0.272 e. The van der Waals surface area contributed by atoms with Crippen LogP contribution in [0.5, 0.6) is 0 Å². The predicted molar refractivity (Wildman–Crippen MR) is 102 cm³/mol. The number of fused-ring (bicyclic) bond motifs is 1. The Kier molecular flexibility index (Phi) is 4.37. The fourth-order valence-corrected chi connectivity index (χ4v) is 3.94. The van der Waals surface area contributed by atoms with Gasteiger partial charge in [0.25, 0.3) is 5.91 Å². The van der Waals surface area contributed by atoms with Gasteiger partial charge < -0.3 is 4.90 Å². The lowest BCUT2D eigenvalue weighted by Crippen LogP contribution is -2.42. The highest BCUT2D eigenvalue weighted by atomic mass is 16.2. The van der Waals surface area contributed by atoms with Crippen LogP contribution in [0.4, 0.5) is 0 Å². The normalized spacial score (nSPS) is 20.3. The molecule has 0 bridgehead atoms. The molecule has 0 saturated carbocycles. The number of aromatic nitrogens is 3. The minimum absolute atomic E-state index is 0.0115. The largest absolute Gasteiger partial charge is 0.337 e. The van der Waals surface area contributed by atoms with Crippen molar-refractivity contribution in [2.75, 3.05) is 13.1 Å². The van der Waals surface area contributed by atoms with Crippen molar-refractivity contribution < 1.29 is 4.79 Å². The van der Waals surface area contributed by atoms with Gasteiger partial charge in [-0.2, -0.15) is 0 Å². The molecular weight excluding hydrogens is 324 g/mol. The molecule has 132 valence electrons. The molecule has 3 aromatic heterocycles. The van der Waals surface area contributed by atoms with Crippen LogP contribution in [-0.2, 0) is 0 Å². The summed E-state index contributed by atoms with van der Waals surface area (Å²) in [5.74, 6) is 1.05. The van der Waals surface area contributed by atoms with Gasteiger partial charge >= 0.3 is 0 Å². The minimum atomic E-state index is 0.0115. The molecule has 4 rings (SSSR count). The second-order valence-corrected chi connectivity index (χ2v) is 7.34. The number of hydrogen-bond acceptors (Lipinski definition) is 4. The quantitative estimate of drug-likeness (QED) is 0.708. The van der Waals surface area contributed by atoms with Crippen LogP contribution in [0.1, 0.15) is 30.8 Å². The topological polar surface area (TPSA) is 59.0 Å². The van der Waals surface area contributed by atoms with Crippen LogP contribution in [0.2, 0.25) is 0 Å². The summed E-state index contributed by atoms with van der Waals surface area (Å²) in [7, 11) is 0. The van der Waals surface area contributed by atoms with Gasteiger partial charge in [0.15, 0.2) is 0 Å². The lowest BCUT2D eigenvalue weighted by Gasteiger charge is -2.34. The Morgan fingerprint density at radius 3 is 2.46 bits per heavy atom. The van der Waals surface area contributed by atoms with Gasteiger partial charge in [-0.15, -0.1) is 0 Å². The smallest absolute Gasteiger partial charge is 0.272 e. The molecular formula is C21H22N4O. The van der Waals surface area contributed by atoms with E-state index in [1.165, 1.54) is 6.42 Å². The molecule has 0 radical (unpaired) electrons. The summed E-state index contributed by atoms with van der Waals surface area (Å²) < 4.78 is 0. The highest BCUT2D eigenvalue weighted by Crippen LogP contribution is 2.29. The summed E-state index contributed by atoms with van der Waals surface area (Å²) in [6.45, 7) is 6.00. The Labute approximate surface area is 153 Å². The monoisotopic (exact) mass is 346 g/mol. The van der Waals surface area contributed by atoms with E-state index in [0.717, 1.165) is 35.1 Å². The van der Waals surface area contributed by atoms with E-state index in [4.69, 9.17) is 0 Å². The summed E-state index contributed by atoms with van der Waals surface area (Å²) in [6.07, 6.45) is 8.20. The maximum atomic E-state index is 13.2. The first-order chi connectivity index (χ1) is 12.6.